The van der Waals surface area contributed by atoms with E-state index in [-0.39, 0.29) is 12.0 Å². The van der Waals surface area contributed by atoms with Crippen LogP contribution in [0.25, 0.3) is 0 Å². The third-order valence-corrected chi connectivity index (χ3v) is 4.81. The van der Waals surface area contributed by atoms with Gasteiger partial charge in [-0.25, -0.2) is 4.98 Å². The Bertz CT molecular complexity index is 663. The maximum atomic E-state index is 12.5. The summed E-state index contributed by atoms with van der Waals surface area (Å²) >= 11 is 1.46. The molecule has 0 bridgehead atoms. The van der Waals surface area contributed by atoms with Gasteiger partial charge in [-0.2, -0.15) is 0 Å². The van der Waals surface area contributed by atoms with E-state index in [1.54, 1.807) is 24.1 Å². The lowest BCUT2D eigenvalue weighted by atomic mass is 10.1. The maximum Gasteiger partial charge on any atom is 0.259 e. The van der Waals surface area contributed by atoms with Gasteiger partial charge < -0.3 is 9.47 Å². The zero-order valence-corrected chi connectivity index (χ0v) is 14.1. The van der Waals surface area contributed by atoms with E-state index in [0.29, 0.717) is 10.7 Å². The minimum absolute atomic E-state index is 0.0723. The van der Waals surface area contributed by atoms with Crippen LogP contribution in [-0.2, 0) is 4.74 Å². The second-order valence-electron chi connectivity index (χ2n) is 5.59. The number of rotatable bonds is 4. The van der Waals surface area contributed by atoms with Crippen molar-refractivity contribution in [2.75, 3.05) is 25.2 Å². The third-order valence-electron chi connectivity index (χ3n) is 3.77. The molecule has 1 aromatic heterocycles. The topological polar surface area (TPSA) is 51.7 Å². The molecule has 2 heterocycles. The molecule has 1 saturated heterocycles. The fourth-order valence-electron chi connectivity index (χ4n) is 2.44. The first kappa shape index (κ1) is 16.0. The highest BCUT2D eigenvalue weighted by Crippen LogP contribution is 2.22. The SMILES string of the molecule is Cc1csc(N(C)C(=O)c2ccc(OC3CCOCC3)cc2)n1. The highest BCUT2D eigenvalue weighted by Gasteiger charge is 2.18. The molecule has 0 N–H and O–H groups in total. The summed E-state index contributed by atoms with van der Waals surface area (Å²) in [4.78, 5) is 18.4. The quantitative estimate of drug-likeness (QED) is 0.862. The number of benzene rings is 1. The molecule has 1 amide bonds. The van der Waals surface area contributed by atoms with E-state index in [9.17, 15) is 4.79 Å². The molecule has 0 unspecified atom stereocenters. The Morgan fingerprint density at radius 2 is 2.00 bits per heavy atom. The summed E-state index contributed by atoms with van der Waals surface area (Å²) in [5.74, 6) is 0.721. The van der Waals surface area contributed by atoms with E-state index in [1.165, 1.54) is 11.3 Å². The molecule has 1 aromatic carbocycles. The van der Waals surface area contributed by atoms with Crippen LogP contribution in [-0.4, -0.2) is 37.3 Å². The van der Waals surface area contributed by atoms with Crippen LogP contribution < -0.4 is 9.64 Å². The minimum atomic E-state index is -0.0723. The fraction of sp³-hybridized carbons (Fsp3) is 0.412. The van der Waals surface area contributed by atoms with Crippen LogP contribution in [0.15, 0.2) is 29.6 Å². The van der Waals surface area contributed by atoms with E-state index < -0.39 is 0 Å². The van der Waals surface area contributed by atoms with E-state index >= 15 is 0 Å². The van der Waals surface area contributed by atoms with Gasteiger partial charge in [0.05, 0.1) is 18.9 Å². The lowest BCUT2D eigenvalue weighted by molar-refractivity contribution is 0.0256. The second-order valence-corrected chi connectivity index (χ2v) is 6.43. The molecule has 122 valence electrons. The Morgan fingerprint density at radius 3 is 2.61 bits per heavy atom. The molecular formula is C17H20N2O3S. The number of aryl methyl sites for hydroxylation is 1. The monoisotopic (exact) mass is 332 g/mol. The number of hydrogen-bond acceptors (Lipinski definition) is 5. The van der Waals surface area contributed by atoms with Crippen molar-refractivity contribution in [3.05, 3.63) is 40.9 Å². The van der Waals surface area contributed by atoms with E-state index in [0.717, 1.165) is 37.5 Å². The van der Waals surface area contributed by atoms with E-state index in [4.69, 9.17) is 9.47 Å². The first-order chi connectivity index (χ1) is 11.1. The Kier molecular flexibility index (Phi) is 4.93. The zero-order valence-electron chi connectivity index (χ0n) is 13.3. The van der Waals surface area contributed by atoms with Crippen molar-refractivity contribution < 1.29 is 14.3 Å². The average Bonchev–Trinajstić information content (AvgIpc) is 3.02. The number of carbonyl (C=O) groups excluding carboxylic acids is 1. The van der Waals surface area contributed by atoms with Gasteiger partial charge in [0.1, 0.15) is 11.9 Å². The Hall–Kier alpha value is -1.92. The number of ether oxygens (including phenoxy) is 2. The summed E-state index contributed by atoms with van der Waals surface area (Å²) in [6.45, 7) is 3.42. The average molecular weight is 332 g/mol. The Balaban J connectivity index is 1.65. The number of hydrogen-bond donors (Lipinski definition) is 0. The van der Waals surface area contributed by atoms with Gasteiger partial charge >= 0.3 is 0 Å². The molecule has 6 heteroatoms. The maximum absolute atomic E-state index is 12.5. The van der Waals surface area contributed by atoms with Crippen molar-refractivity contribution in [3.8, 4) is 5.75 Å². The largest absolute Gasteiger partial charge is 0.490 e. The van der Waals surface area contributed by atoms with Gasteiger partial charge in [-0.15, -0.1) is 11.3 Å². The first-order valence-electron chi connectivity index (χ1n) is 7.68. The van der Waals surface area contributed by atoms with Crippen LogP contribution in [0.2, 0.25) is 0 Å². The fourth-order valence-corrected chi connectivity index (χ4v) is 3.20. The van der Waals surface area contributed by atoms with Crippen LogP contribution in [0.4, 0.5) is 5.13 Å². The standard InChI is InChI=1S/C17H20N2O3S/c1-12-11-23-17(18-12)19(2)16(20)13-3-5-14(6-4-13)22-15-7-9-21-10-8-15/h3-6,11,15H,7-10H2,1-2H3. The lowest BCUT2D eigenvalue weighted by Gasteiger charge is -2.23. The molecule has 3 rings (SSSR count). The number of anilines is 1. The van der Waals surface area contributed by atoms with E-state index in [2.05, 4.69) is 4.98 Å². The summed E-state index contributed by atoms with van der Waals surface area (Å²) in [6.07, 6.45) is 2.02. The predicted octanol–water partition coefficient (Wildman–Crippen LogP) is 3.29. The number of aromatic nitrogens is 1. The molecule has 0 radical (unpaired) electrons. The molecule has 0 saturated carbocycles. The molecule has 0 aliphatic carbocycles. The van der Waals surface area contributed by atoms with E-state index in [1.807, 2.05) is 24.4 Å². The summed E-state index contributed by atoms with van der Waals surface area (Å²) < 4.78 is 11.2. The number of thiazole rings is 1. The summed E-state index contributed by atoms with van der Waals surface area (Å²) in [5.41, 5.74) is 1.55. The summed E-state index contributed by atoms with van der Waals surface area (Å²) in [6, 6.07) is 7.30. The molecule has 0 atom stereocenters. The Labute approximate surface area is 139 Å². The van der Waals surface area contributed by atoms with Crippen molar-refractivity contribution in [1.82, 2.24) is 4.98 Å². The normalized spacial score (nSPS) is 15.4. The highest BCUT2D eigenvalue weighted by atomic mass is 32.1. The van der Waals surface area contributed by atoms with Gasteiger partial charge in [0, 0.05) is 30.8 Å². The third kappa shape index (κ3) is 3.89. The van der Waals surface area contributed by atoms with Gasteiger partial charge in [-0.05, 0) is 31.2 Å². The van der Waals surface area contributed by atoms with Crippen LogP contribution in [0.1, 0.15) is 28.9 Å². The van der Waals surface area contributed by atoms with Crippen molar-refractivity contribution >= 4 is 22.4 Å². The Morgan fingerprint density at radius 1 is 1.30 bits per heavy atom. The van der Waals surface area contributed by atoms with Crippen molar-refractivity contribution in [2.45, 2.75) is 25.9 Å². The lowest BCUT2D eigenvalue weighted by Crippen LogP contribution is -2.26. The molecule has 1 aliphatic heterocycles. The molecule has 0 spiro atoms. The van der Waals surface area contributed by atoms with Gasteiger partial charge in [0.25, 0.3) is 5.91 Å². The molecule has 5 nitrogen and oxygen atoms in total. The van der Waals surface area contributed by atoms with Crippen molar-refractivity contribution in [1.29, 1.82) is 0 Å². The number of nitrogens with zero attached hydrogens (tertiary/aromatic N) is 2. The summed E-state index contributed by atoms with van der Waals surface area (Å²) in [7, 11) is 1.74. The van der Waals surface area contributed by atoms with Crippen molar-refractivity contribution in [3.63, 3.8) is 0 Å². The number of carbonyl (C=O) groups is 1. The highest BCUT2D eigenvalue weighted by molar-refractivity contribution is 7.14. The molecule has 1 aliphatic rings. The predicted molar refractivity (Wildman–Crippen MR) is 90.5 cm³/mol. The second kappa shape index (κ2) is 7.10. The molecular weight excluding hydrogens is 312 g/mol. The van der Waals surface area contributed by atoms with Gasteiger partial charge in [0.15, 0.2) is 5.13 Å². The van der Waals surface area contributed by atoms with Crippen LogP contribution in [0, 0.1) is 6.92 Å². The minimum Gasteiger partial charge on any atom is -0.490 e. The first-order valence-corrected chi connectivity index (χ1v) is 8.56. The van der Waals surface area contributed by atoms with Crippen LogP contribution >= 0.6 is 11.3 Å². The summed E-state index contributed by atoms with van der Waals surface area (Å²) in [5, 5.41) is 2.64. The smallest absolute Gasteiger partial charge is 0.259 e. The van der Waals surface area contributed by atoms with Gasteiger partial charge in [0.2, 0.25) is 0 Å². The van der Waals surface area contributed by atoms with Crippen molar-refractivity contribution in [2.24, 2.45) is 0 Å². The number of amides is 1. The van der Waals surface area contributed by atoms with Crippen LogP contribution in [0.5, 0.6) is 5.75 Å². The van der Waals surface area contributed by atoms with Gasteiger partial charge in [-0.1, -0.05) is 0 Å². The van der Waals surface area contributed by atoms with Gasteiger partial charge in [-0.3, -0.25) is 9.69 Å². The van der Waals surface area contributed by atoms with Crippen LogP contribution in [0.3, 0.4) is 0 Å². The molecule has 23 heavy (non-hydrogen) atoms. The molecule has 2 aromatic rings. The zero-order chi connectivity index (χ0) is 16.2. The molecule has 1 fully saturated rings.